The first-order valence-electron chi connectivity index (χ1n) is 7.63. The smallest absolute Gasteiger partial charge is 0.306 e. The molecule has 0 aliphatic carbocycles. The van der Waals surface area contributed by atoms with Gasteiger partial charge in [-0.05, 0) is 48.6 Å². The van der Waals surface area contributed by atoms with Gasteiger partial charge < -0.3 is 10.1 Å². The molecular weight excluding hydrogens is 381 g/mol. The van der Waals surface area contributed by atoms with Crippen molar-refractivity contribution in [3.05, 3.63) is 58.6 Å². The zero-order chi connectivity index (χ0) is 18.1. The number of carbonyl (C=O) groups excluding carboxylic acids is 2. The number of anilines is 1. The predicted octanol–water partition coefficient (Wildman–Crippen LogP) is 5.05. The van der Waals surface area contributed by atoms with E-state index >= 15 is 0 Å². The van der Waals surface area contributed by atoms with E-state index in [1.807, 2.05) is 24.3 Å². The first-order chi connectivity index (χ1) is 12.0. The minimum Gasteiger partial charge on any atom is -0.456 e. The topological polar surface area (TPSA) is 55.4 Å². The van der Waals surface area contributed by atoms with Crippen LogP contribution in [0.25, 0.3) is 0 Å². The third-order valence-electron chi connectivity index (χ3n) is 3.12. The number of hydrogen-bond donors (Lipinski definition) is 1. The molecule has 0 unspecified atom stereocenters. The van der Waals surface area contributed by atoms with Crippen molar-refractivity contribution in [2.24, 2.45) is 0 Å². The number of carbonyl (C=O) groups is 2. The zero-order valence-corrected chi connectivity index (χ0v) is 15.7. The number of rotatable bonds is 8. The van der Waals surface area contributed by atoms with Gasteiger partial charge in [0.05, 0.1) is 10.7 Å². The maximum absolute atomic E-state index is 11.7. The summed E-state index contributed by atoms with van der Waals surface area (Å²) in [6.07, 6.45) is 0.929. The van der Waals surface area contributed by atoms with Crippen LogP contribution in [0.3, 0.4) is 0 Å². The lowest BCUT2D eigenvalue weighted by molar-refractivity contribution is -0.147. The number of ether oxygens (including phenoxy) is 1. The second-order valence-corrected chi connectivity index (χ2v) is 7.11. The molecule has 2 rings (SSSR count). The minimum atomic E-state index is -0.419. The third-order valence-corrected chi connectivity index (χ3v) is 4.80. The summed E-state index contributed by atoms with van der Waals surface area (Å²) in [5.41, 5.74) is 0.490. The van der Waals surface area contributed by atoms with Gasteiger partial charge in [0.2, 0.25) is 0 Å². The molecule has 0 heterocycles. The molecule has 4 nitrogen and oxygen atoms in total. The summed E-state index contributed by atoms with van der Waals surface area (Å²) in [5, 5.41) is 3.72. The van der Waals surface area contributed by atoms with E-state index in [2.05, 4.69) is 5.32 Å². The van der Waals surface area contributed by atoms with E-state index in [1.54, 1.807) is 36.0 Å². The Bertz CT molecular complexity index is 723. The van der Waals surface area contributed by atoms with Crippen molar-refractivity contribution in [3.63, 3.8) is 0 Å². The number of halogens is 2. The molecule has 0 fully saturated rings. The molecule has 0 aliphatic rings. The van der Waals surface area contributed by atoms with Gasteiger partial charge in [0.15, 0.2) is 6.61 Å². The van der Waals surface area contributed by atoms with E-state index in [4.69, 9.17) is 27.9 Å². The van der Waals surface area contributed by atoms with E-state index in [0.29, 0.717) is 22.2 Å². The highest BCUT2D eigenvalue weighted by Crippen LogP contribution is 2.22. The predicted molar refractivity (Wildman–Crippen MR) is 102 cm³/mol. The second kappa shape index (κ2) is 10.3. The summed E-state index contributed by atoms with van der Waals surface area (Å²) in [7, 11) is 0. The maximum Gasteiger partial charge on any atom is 0.306 e. The fourth-order valence-electron chi connectivity index (χ4n) is 1.90. The van der Waals surface area contributed by atoms with E-state index in [0.717, 1.165) is 10.6 Å². The van der Waals surface area contributed by atoms with Crippen molar-refractivity contribution in [1.82, 2.24) is 0 Å². The van der Waals surface area contributed by atoms with Crippen molar-refractivity contribution >= 4 is 52.5 Å². The largest absolute Gasteiger partial charge is 0.456 e. The Labute approximate surface area is 160 Å². The highest BCUT2D eigenvalue weighted by Gasteiger charge is 2.09. The Morgan fingerprint density at radius 3 is 2.48 bits per heavy atom. The number of hydrogen-bond acceptors (Lipinski definition) is 4. The van der Waals surface area contributed by atoms with Crippen LogP contribution in [0.1, 0.15) is 12.8 Å². The summed E-state index contributed by atoms with van der Waals surface area (Å²) < 4.78 is 4.96. The van der Waals surface area contributed by atoms with E-state index in [9.17, 15) is 9.59 Å². The molecule has 0 saturated carbocycles. The molecule has 1 N–H and O–H groups in total. The fraction of sp³-hybridized carbons (Fsp3) is 0.222. The van der Waals surface area contributed by atoms with E-state index in [-0.39, 0.29) is 13.0 Å². The van der Waals surface area contributed by atoms with Crippen LogP contribution in [0.2, 0.25) is 10.0 Å². The lowest BCUT2D eigenvalue weighted by atomic mass is 10.3. The number of amides is 1. The first kappa shape index (κ1) is 19.6. The third kappa shape index (κ3) is 7.38. The van der Waals surface area contributed by atoms with Gasteiger partial charge in [0.25, 0.3) is 5.91 Å². The Morgan fingerprint density at radius 1 is 1.04 bits per heavy atom. The van der Waals surface area contributed by atoms with Gasteiger partial charge in [-0.15, -0.1) is 11.8 Å². The molecule has 0 atom stereocenters. The molecule has 2 aromatic rings. The Morgan fingerprint density at radius 2 is 1.76 bits per heavy atom. The van der Waals surface area contributed by atoms with Gasteiger partial charge in [-0.1, -0.05) is 35.3 Å². The first-order valence-corrected chi connectivity index (χ1v) is 9.37. The van der Waals surface area contributed by atoms with Crippen molar-refractivity contribution in [3.8, 4) is 0 Å². The van der Waals surface area contributed by atoms with Crippen molar-refractivity contribution in [1.29, 1.82) is 0 Å². The van der Waals surface area contributed by atoms with Crippen LogP contribution in [0.5, 0.6) is 0 Å². The van der Waals surface area contributed by atoms with Gasteiger partial charge in [-0.25, -0.2) is 0 Å². The van der Waals surface area contributed by atoms with Crippen LogP contribution in [0.4, 0.5) is 5.69 Å². The molecule has 0 radical (unpaired) electrons. The molecule has 0 bridgehead atoms. The summed E-state index contributed by atoms with van der Waals surface area (Å²) in [6, 6.07) is 14.4. The van der Waals surface area contributed by atoms with Gasteiger partial charge in [0, 0.05) is 16.3 Å². The molecule has 25 heavy (non-hydrogen) atoms. The van der Waals surface area contributed by atoms with Gasteiger partial charge >= 0.3 is 5.97 Å². The molecular formula is C18H17Cl2NO3S. The summed E-state index contributed by atoms with van der Waals surface area (Å²) >= 11 is 13.4. The zero-order valence-electron chi connectivity index (χ0n) is 13.3. The monoisotopic (exact) mass is 397 g/mol. The molecule has 0 aromatic heterocycles. The molecule has 1 amide bonds. The Hall–Kier alpha value is -1.69. The summed E-state index contributed by atoms with van der Waals surface area (Å²) in [4.78, 5) is 24.5. The fourth-order valence-corrected chi connectivity index (χ4v) is 3.07. The average molecular weight is 398 g/mol. The van der Waals surface area contributed by atoms with Crippen LogP contribution < -0.4 is 5.32 Å². The standard InChI is InChI=1S/C18H17Cl2NO3S/c19-13-7-9-14(10-8-13)25-11-3-6-18(23)24-12-17(22)21-16-5-2-1-4-15(16)20/h1-2,4-5,7-10H,3,6,11-12H2,(H,21,22). The van der Waals surface area contributed by atoms with Crippen LogP contribution in [0, 0.1) is 0 Å². The lowest BCUT2D eigenvalue weighted by Crippen LogP contribution is -2.21. The van der Waals surface area contributed by atoms with Gasteiger partial charge in [-0.3, -0.25) is 9.59 Å². The van der Waals surface area contributed by atoms with Gasteiger partial charge in [0.1, 0.15) is 0 Å². The summed E-state index contributed by atoms with van der Waals surface area (Å²) in [5.74, 6) is -0.0364. The number of benzene rings is 2. The quantitative estimate of drug-likeness (QED) is 0.384. The molecule has 0 aliphatic heterocycles. The second-order valence-electron chi connectivity index (χ2n) is 5.09. The van der Waals surface area contributed by atoms with Crippen LogP contribution in [0.15, 0.2) is 53.4 Å². The van der Waals surface area contributed by atoms with E-state index in [1.165, 1.54) is 0 Å². The molecule has 0 spiro atoms. The number of nitrogens with one attached hydrogen (secondary N) is 1. The summed E-state index contributed by atoms with van der Waals surface area (Å²) in [6.45, 7) is -0.325. The molecule has 7 heteroatoms. The van der Waals surface area contributed by atoms with Crippen molar-refractivity contribution in [2.75, 3.05) is 17.7 Å². The van der Waals surface area contributed by atoms with Crippen LogP contribution in [-0.4, -0.2) is 24.2 Å². The normalized spacial score (nSPS) is 10.3. The van der Waals surface area contributed by atoms with Crippen molar-refractivity contribution < 1.29 is 14.3 Å². The van der Waals surface area contributed by atoms with Gasteiger partial charge in [-0.2, -0.15) is 0 Å². The number of para-hydroxylation sites is 1. The van der Waals surface area contributed by atoms with Crippen LogP contribution >= 0.6 is 35.0 Å². The number of thioether (sulfide) groups is 1. The SMILES string of the molecule is O=C(COC(=O)CCCSc1ccc(Cl)cc1)Nc1ccccc1Cl. The number of esters is 1. The maximum atomic E-state index is 11.7. The molecule has 0 saturated heterocycles. The lowest BCUT2D eigenvalue weighted by Gasteiger charge is -2.08. The molecule has 2 aromatic carbocycles. The Kier molecular flexibility index (Phi) is 8.12. The van der Waals surface area contributed by atoms with E-state index < -0.39 is 11.9 Å². The Balaban J connectivity index is 1.61. The molecule has 132 valence electrons. The highest BCUT2D eigenvalue weighted by atomic mass is 35.5. The highest BCUT2D eigenvalue weighted by molar-refractivity contribution is 7.99. The van der Waals surface area contributed by atoms with Crippen molar-refractivity contribution in [2.45, 2.75) is 17.7 Å². The van der Waals surface area contributed by atoms with Crippen LogP contribution in [-0.2, 0) is 14.3 Å². The average Bonchev–Trinajstić information content (AvgIpc) is 2.60. The minimum absolute atomic E-state index is 0.264.